The van der Waals surface area contributed by atoms with Crippen molar-refractivity contribution < 1.29 is 13.9 Å². The summed E-state index contributed by atoms with van der Waals surface area (Å²) in [5, 5.41) is 0.911. The Bertz CT molecular complexity index is 851. The van der Waals surface area contributed by atoms with Crippen LogP contribution in [0.25, 0.3) is 22.2 Å². The number of aryl methyl sites for hydroxylation is 1. The molecule has 0 unspecified atom stereocenters. The Labute approximate surface area is 146 Å². The van der Waals surface area contributed by atoms with E-state index >= 15 is 0 Å². The quantitative estimate of drug-likeness (QED) is 0.630. The molecule has 3 N–H and O–H groups in total. The topological polar surface area (TPSA) is 60.3 Å². The van der Waals surface area contributed by atoms with E-state index in [1.54, 1.807) is 20.3 Å². The minimum absolute atomic E-state index is 0.251. The number of hydrogen-bond acceptors (Lipinski definition) is 3. The number of halogens is 1. The Morgan fingerprint density at radius 1 is 1.04 bits per heavy atom. The van der Waals surface area contributed by atoms with Gasteiger partial charge in [0.15, 0.2) is 0 Å². The highest BCUT2D eigenvalue weighted by Gasteiger charge is 2.16. The second kappa shape index (κ2) is 7.57. The van der Waals surface area contributed by atoms with Crippen LogP contribution in [0.15, 0.2) is 36.4 Å². The molecule has 1 heterocycles. The van der Waals surface area contributed by atoms with Crippen molar-refractivity contribution in [2.45, 2.75) is 19.3 Å². The summed E-state index contributed by atoms with van der Waals surface area (Å²) >= 11 is 0. The SMILES string of the molecule is COc1cc(OC)cc(-c2[nH]c3c(F)cccc3c2CCCCN)c1. The number of aromatic nitrogens is 1. The van der Waals surface area contributed by atoms with E-state index in [0.29, 0.717) is 23.6 Å². The molecule has 5 heteroatoms. The summed E-state index contributed by atoms with van der Waals surface area (Å²) in [6, 6.07) is 10.8. The fraction of sp³-hybridized carbons (Fsp3) is 0.300. The van der Waals surface area contributed by atoms with Crippen LogP contribution < -0.4 is 15.2 Å². The lowest BCUT2D eigenvalue weighted by Crippen LogP contribution is -1.99. The number of rotatable bonds is 7. The Kier molecular flexibility index (Phi) is 5.24. The monoisotopic (exact) mass is 342 g/mol. The van der Waals surface area contributed by atoms with Crippen molar-refractivity contribution in [2.24, 2.45) is 5.73 Å². The Morgan fingerprint density at radius 3 is 2.40 bits per heavy atom. The number of benzene rings is 2. The van der Waals surface area contributed by atoms with E-state index in [1.807, 2.05) is 24.3 Å². The van der Waals surface area contributed by atoms with Gasteiger partial charge in [0, 0.05) is 17.0 Å². The van der Waals surface area contributed by atoms with Gasteiger partial charge in [-0.05, 0) is 49.6 Å². The van der Waals surface area contributed by atoms with Crippen molar-refractivity contribution in [3.63, 3.8) is 0 Å². The van der Waals surface area contributed by atoms with Crippen molar-refractivity contribution >= 4 is 10.9 Å². The number of fused-ring (bicyclic) bond motifs is 1. The summed E-state index contributed by atoms with van der Waals surface area (Å²) < 4.78 is 25.0. The van der Waals surface area contributed by atoms with Crippen LogP contribution >= 0.6 is 0 Å². The molecule has 0 aliphatic rings. The number of H-pyrrole nitrogens is 1. The van der Waals surface area contributed by atoms with Gasteiger partial charge in [0.1, 0.15) is 17.3 Å². The number of aromatic amines is 1. The number of methoxy groups -OCH3 is 2. The van der Waals surface area contributed by atoms with Crippen LogP contribution in [0.4, 0.5) is 4.39 Å². The highest BCUT2D eigenvalue weighted by molar-refractivity contribution is 5.91. The van der Waals surface area contributed by atoms with Gasteiger partial charge < -0.3 is 20.2 Å². The molecule has 132 valence electrons. The zero-order valence-corrected chi connectivity index (χ0v) is 14.6. The predicted molar refractivity (Wildman–Crippen MR) is 98.8 cm³/mol. The van der Waals surface area contributed by atoms with Gasteiger partial charge in [-0.2, -0.15) is 0 Å². The van der Waals surface area contributed by atoms with Gasteiger partial charge in [-0.3, -0.25) is 0 Å². The molecule has 4 nitrogen and oxygen atoms in total. The third-order valence-electron chi connectivity index (χ3n) is 4.41. The van der Waals surface area contributed by atoms with Gasteiger partial charge in [-0.25, -0.2) is 4.39 Å². The molecule has 0 saturated carbocycles. The summed E-state index contributed by atoms with van der Waals surface area (Å²) in [5.74, 6) is 1.14. The summed E-state index contributed by atoms with van der Waals surface area (Å²) in [4.78, 5) is 3.26. The summed E-state index contributed by atoms with van der Waals surface area (Å²) in [6.45, 7) is 0.652. The molecule has 25 heavy (non-hydrogen) atoms. The Balaban J connectivity index is 2.17. The zero-order chi connectivity index (χ0) is 17.8. The average molecular weight is 342 g/mol. The van der Waals surface area contributed by atoms with E-state index in [2.05, 4.69) is 4.98 Å². The first-order valence-electron chi connectivity index (χ1n) is 8.40. The lowest BCUT2D eigenvalue weighted by molar-refractivity contribution is 0.394. The molecule has 3 aromatic rings. The summed E-state index contributed by atoms with van der Waals surface area (Å²) in [6.07, 6.45) is 2.71. The van der Waals surface area contributed by atoms with Gasteiger partial charge >= 0.3 is 0 Å². The molecule has 2 aromatic carbocycles. The molecule has 0 radical (unpaired) electrons. The van der Waals surface area contributed by atoms with Gasteiger partial charge in [0.25, 0.3) is 0 Å². The normalized spacial score (nSPS) is 11.0. The largest absolute Gasteiger partial charge is 0.497 e. The maximum Gasteiger partial charge on any atom is 0.147 e. The maximum absolute atomic E-state index is 14.3. The van der Waals surface area contributed by atoms with Crippen LogP contribution in [0.3, 0.4) is 0 Å². The average Bonchev–Trinajstić information content (AvgIpc) is 3.01. The molecule has 0 saturated heterocycles. The lowest BCUT2D eigenvalue weighted by atomic mass is 10.00. The number of para-hydroxylation sites is 1. The molecule has 3 rings (SSSR count). The summed E-state index contributed by atoms with van der Waals surface area (Å²) in [7, 11) is 3.23. The molecule has 0 amide bonds. The highest BCUT2D eigenvalue weighted by atomic mass is 19.1. The second-order valence-corrected chi connectivity index (χ2v) is 5.99. The van der Waals surface area contributed by atoms with Crippen LogP contribution in [0, 0.1) is 5.82 Å². The summed E-state index contributed by atoms with van der Waals surface area (Å²) in [5.41, 5.74) is 9.06. The van der Waals surface area contributed by atoms with E-state index < -0.39 is 0 Å². The zero-order valence-electron chi connectivity index (χ0n) is 14.6. The number of hydrogen-bond donors (Lipinski definition) is 2. The van der Waals surface area contributed by atoms with E-state index in [0.717, 1.165) is 41.5 Å². The second-order valence-electron chi connectivity index (χ2n) is 5.99. The van der Waals surface area contributed by atoms with Crippen LogP contribution in [0.1, 0.15) is 18.4 Å². The van der Waals surface area contributed by atoms with Gasteiger partial charge in [-0.15, -0.1) is 0 Å². The first kappa shape index (κ1) is 17.3. The lowest BCUT2D eigenvalue weighted by Gasteiger charge is -2.10. The maximum atomic E-state index is 14.3. The highest BCUT2D eigenvalue weighted by Crippen LogP contribution is 2.36. The standard InChI is InChI=1S/C20H23FN2O2/c1-24-14-10-13(11-15(12-14)25-2)19-16(6-3-4-9-22)17-7-5-8-18(21)20(17)23-19/h5,7-8,10-12,23H,3-4,6,9,22H2,1-2H3. The van der Waals surface area contributed by atoms with Crippen molar-refractivity contribution in [2.75, 3.05) is 20.8 Å². The minimum Gasteiger partial charge on any atom is -0.497 e. The van der Waals surface area contributed by atoms with E-state index in [9.17, 15) is 4.39 Å². The number of unbranched alkanes of at least 4 members (excludes halogenated alkanes) is 1. The van der Waals surface area contributed by atoms with E-state index in [1.165, 1.54) is 6.07 Å². The van der Waals surface area contributed by atoms with Crippen LogP contribution in [-0.2, 0) is 6.42 Å². The molecule has 0 bridgehead atoms. The first-order chi connectivity index (χ1) is 12.2. The van der Waals surface area contributed by atoms with Crippen LogP contribution in [0.2, 0.25) is 0 Å². The van der Waals surface area contributed by atoms with Crippen LogP contribution in [-0.4, -0.2) is 25.7 Å². The van der Waals surface area contributed by atoms with Gasteiger partial charge in [-0.1, -0.05) is 12.1 Å². The van der Waals surface area contributed by atoms with E-state index in [4.69, 9.17) is 15.2 Å². The molecule has 0 fully saturated rings. The number of ether oxygens (including phenoxy) is 2. The first-order valence-corrected chi connectivity index (χ1v) is 8.40. The van der Waals surface area contributed by atoms with Crippen molar-refractivity contribution in [1.82, 2.24) is 4.98 Å². The Morgan fingerprint density at radius 2 is 1.76 bits per heavy atom. The van der Waals surface area contributed by atoms with E-state index in [-0.39, 0.29) is 5.82 Å². The fourth-order valence-electron chi connectivity index (χ4n) is 3.14. The molecular weight excluding hydrogens is 319 g/mol. The molecule has 1 aromatic heterocycles. The van der Waals surface area contributed by atoms with Gasteiger partial charge in [0.05, 0.1) is 25.4 Å². The molecule has 0 aliphatic heterocycles. The smallest absolute Gasteiger partial charge is 0.147 e. The minimum atomic E-state index is -0.251. The fourth-order valence-corrected chi connectivity index (χ4v) is 3.14. The predicted octanol–water partition coefficient (Wildman–Crippen LogP) is 4.27. The third kappa shape index (κ3) is 3.46. The van der Waals surface area contributed by atoms with Crippen LogP contribution in [0.5, 0.6) is 11.5 Å². The number of nitrogens with one attached hydrogen (secondary N) is 1. The van der Waals surface area contributed by atoms with Crippen molar-refractivity contribution in [3.8, 4) is 22.8 Å². The Hall–Kier alpha value is -2.53. The van der Waals surface area contributed by atoms with Gasteiger partial charge in [0.2, 0.25) is 0 Å². The molecule has 0 atom stereocenters. The molecular formula is C20H23FN2O2. The molecule has 0 spiro atoms. The van der Waals surface area contributed by atoms with Crippen molar-refractivity contribution in [3.05, 3.63) is 47.8 Å². The third-order valence-corrected chi connectivity index (χ3v) is 4.41. The number of nitrogens with two attached hydrogens (primary N) is 1. The molecule has 0 aliphatic carbocycles. The van der Waals surface area contributed by atoms with Crippen molar-refractivity contribution in [1.29, 1.82) is 0 Å².